The normalized spacial score (nSPS) is 22.7. The highest BCUT2D eigenvalue weighted by molar-refractivity contribution is 5.91. The largest absolute Gasteiger partial charge is 0.443 e. The van der Waals surface area contributed by atoms with Crippen molar-refractivity contribution in [2.75, 3.05) is 24.5 Å². The molecule has 3 heterocycles. The van der Waals surface area contributed by atoms with E-state index in [9.17, 15) is 10.1 Å². The SMILES string of the molecule is N#Cc1cc(-c2cccc3ncoc23)c(C2CC2)nc1N1CCN(C(=O)C2CC2)C(C2CC2)C1. The number of hydrogen-bond donors (Lipinski definition) is 0. The van der Waals surface area contributed by atoms with Crippen LogP contribution in [0, 0.1) is 23.2 Å². The molecule has 0 bridgehead atoms. The number of carbonyl (C=O) groups excluding carboxylic acids is 1. The third kappa shape index (κ3) is 3.35. The van der Waals surface area contributed by atoms with Gasteiger partial charge in [-0.05, 0) is 56.6 Å². The summed E-state index contributed by atoms with van der Waals surface area (Å²) in [5, 5.41) is 10.1. The summed E-state index contributed by atoms with van der Waals surface area (Å²) in [4.78, 5) is 26.8. The van der Waals surface area contributed by atoms with Gasteiger partial charge >= 0.3 is 0 Å². The van der Waals surface area contributed by atoms with Gasteiger partial charge in [-0.15, -0.1) is 0 Å². The number of piperazine rings is 1. The summed E-state index contributed by atoms with van der Waals surface area (Å²) in [6, 6.07) is 10.6. The van der Waals surface area contributed by atoms with Crippen molar-refractivity contribution in [1.82, 2.24) is 14.9 Å². The Kier molecular flexibility index (Phi) is 4.45. The number of para-hydroxylation sites is 1. The molecule has 7 rings (SSSR count). The second-order valence-corrected chi connectivity index (χ2v) is 10.3. The van der Waals surface area contributed by atoms with Crippen molar-refractivity contribution in [1.29, 1.82) is 5.26 Å². The summed E-state index contributed by atoms with van der Waals surface area (Å²) in [5.74, 6) is 2.38. The zero-order chi connectivity index (χ0) is 22.8. The molecule has 1 saturated heterocycles. The molecule has 1 aromatic carbocycles. The highest BCUT2D eigenvalue weighted by Gasteiger charge is 2.45. The molecule has 4 fully saturated rings. The van der Waals surface area contributed by atoms with Crippen molar-refractivity contribution in [3.63, 3.8) is 0 Å². The standard InChI is InChI=1S/C27H27N5O2/c28-13-19-12-21(20-2-1-3-22-25(20)34-15-29-22)24(17-6-7-17)30-26(19)31-10-11-32(27(33)18-8-9-18)23(14-31)16-4-5-16/h1-3,12,15-18,23H,4-11,14H2. The molecule has 2 aromatic heterocycles. The smallest absolute Gasteiger partial charge is 0.226 e. The summed E-state index contributed by atoms with van der Waals surface area (Å²) in [6.07, 6.45) is 8.18. The molecule has 0 N–H and O–H groups in total. The van der Waals surface area contributed by atoms with Gasteiger partial charge in [0.25, 0.3) is 0 Å². The number of oxazole rings is 1. The number of nitriles is 1. The number of fused-ring (bicyclic) bond motifs is 1. The van der Waals surface area contributed by atoms with E-state index in [-0.39, 0.29) is 12.0 Å². The van der Waals surface area contributed by atoms with E-state index in [0.717, 1.165) is 79.1 Å². The van der Waals surface area contributed by atoms with E-state index in [1.165, 1.54) is 19.2 Å². The monoisotopic (exact) mass is 453 g/mol. The summed E-state index contributed by atoms with van der Waals surface area (Å²) >= 11 is 0. The van der Waals surface area contributed by atoms with Gasteiger partial charge in [-0.3, -0.25) is 4.79 Å². The molecule has 3 aliphatic carbocycles. The average molecular weight is 454 g/mol. The molecule has 3 saturated carbocycles. The molecular formula is C27H27N5O2. The molecule has 34 heavy (non-hydrogen) atoms. The van der Waals surface area contributed by atoms with Crippen LogP contribution in [0.5, 0.6) is 0 Å². The first kappa shape index (κ1) is 20.0. The Balaban J connectivity index is 1.27. The first-order chi connectivity index (χ1) is 16.7. The van der Waals surface area contributed by atoms with Crippen LogP contribution in [-0.2, 0) is 4.79 Å². The summed E-state index contributed by atoms with van der Waals surface area (Å²) in [7, 11) is 0. The van der Waals surface area contributed by atoms with Crippen molar-refractivity contribution in [3.05, 3.63) is 41.9 Å². The molecule has 1 atom stereocenters. The Hall–Kier alpha value is -3.40. The van der Waals surface area contributed by atoms with Crippen LogP contribution in [0.1, 0.15) is 55.7 Å². The molecule has 0 spiro atoms. The molecule has 3 aromatic rings. The quantitative estimate of drug-likeness (QED) is 0.566. The Morgan fingerprint density at radius 2 is 1.94 bits per heavy atom. The van der Waals surface area contributed by atoms with E-state index in [1.807, 2.05) is 24.3 Å². The van der Waals surface area contributed by atoms with Crippen LogP contribution in [0.25, 0.3) is 22.2 Å². The molecule has 4 aliphatic rings. The Morgan fingerprint density at radius 1 is 1.09 bits per heavy atom. The maximum absolute atomic E-state index is 12.9. The zero-order valence-corrected chi connectivity index (χ0v) is 19.1. The third-order valence-electron chi connectivity index (χ3n) is 7.86. The lowest BCUT2D eigenvalue weighted by Gasteiger charge is -2.43. The van der Waals surface area contributed by atoms with Gasteiger partial charge in [0.05, 0.1) is 17.3 Å². The lowest BCUT2D eigenvalue weighted by Crippen LogP contribution is -2.57. The van der Waals surface area contributed by atoms with E-state index in [2.05, 4.69) is 20.9 Å². The molecule has 1 amide bonds. The average Bonchev–Trinajstić information content (AvgIpc) is 3.73. The van der Waals surface area contributed by atoms with Crippen LogP contribution in [0.2, 0.25) is 0 Å². The van der Waals surface area contributed by atoms with Gasteiger partial charge in [0.15, 0.2) is 12.0 Å². The highest BCUT2D eigenvalue weighted by atomic mass is 16.3. The van der Waals surface area contributed by atoms with Crippen LogP contribution in [0.15, 0.2) is 35.1 Å². The predicted octanol–water partition coefficient (Wildman–Crippen LogP) is 4.48. The van der Waals surface area contributed by atoms with E-state index in [1.54, 1.807) is 0 Å². The fraction of sp³-hybridized carbons (Fsp3) is 0.481. The summed E-state index contributed by atoms with van der Waals surface area (Å²) < 4.78 is 5.71. The van der Waals surface area contributed by atoms with Crippen LogP contribution in [-0.4, -0.2) is 46.5 Å². The lowest BCUT2D eigenvalue weighted by molar-refractivity contribution is -0.135. The Bertz CT molecular complexity index is 1330. The van der Waals surface area contributed by atoms with Crippen LogP contribution < -0.4 is 4.90 Å². The number of aromatic nitrogens is 2. The highest BCUT2D eigenvalue weighted by Crippen LogP contribution is 2.46. The van der Waals surface area contributed by atoms with E-state index in [4.69, 9.17) is 9.40 Å². The van der Waals surface area contributed by atoms with Gasteiger partial charge in [-0.2, -0.15) is 5.26 Å². The first-order valence-electron chi connectivity index (χ1n) is 12.5. The number of amides is 1. The van der Waals surface area contributed by atoms with Crippen LogP contribution in [0.3, 0.4) is 0 Å². The van der Waals surface area contributed by atoms with E-state index >= 15 is 0 Å². The minimum Gasteiger partial charge on any atom is -0.443 e. The fourth-order valence-electron chi connectivity index (χ4n) is 5.55. The second kappa shape index (κ2) is 7.56. The van der Waals surface area contributed by atoms with Crippen molar-refractivity contribution >= 4 is 22.8 Å². The van der Waals surface area contributed by atoms with Gasteiger partial charge in [0.2, 0.25) is 5.91 Å². The van der Waals surface area contributed by atoms with Crippen molar-refractivity contribution < 1.29 is 9.21 Å². The number of anilines is 1. The molecule has 1 aliphatic heterocycles. The Labute approximate surface area is 198 Å². The first-order valence-corrected chi connectivity index (χ1v) is 12.5. The number of nitrogens with zero attached hydrogens (tertiary/aromatic N) is 5. The van der Waals surface area contributed by atoms with E-state index in [0.29, 0.717) is 23.3 Å². The molecule has 172 valence electrons. The number of carbonyl (C=O) groups is 1. The van der Waals surface area contributed by atoms with Crippen LogP contribution >= 0.6 is 0 Å². The molecular weight excluding hydrogens is 426 g/mol. The molecule has 7 heteroatoms. The van der Waals surface area contributed by atoms with Crippen molar-refractivity contribution in [2.24, 2.45) is 11.8 Å². The molecule has 1 unspecified atom stereocenters. The van der Waals surface area contributed by atoms with Crippen molar-refractivity contribution in [2.45, 2.75) is 50.5 Å². The van der Waals surface area contributed by atoms with Crippen LogP contribution in [0.4, 0.5) is 5.82 Å². The van der Waals surface area contributed by atoms with E-state index < -0.39 is 0 Å². The van der Waals surface area contributed by atoms with Gasteiger partial charge in [0, 0.05) is 42.6 Å². The number of benzene rings is 1. The summed E-state index contributed by atoms with van der Waals surface area (Å²) in [6.45, 7) is 2.22. The predicted molar refractivity (Wildman–Crippen MR) is 127 cm³/mol. The third-order valence-corrected chi connectivity index (χ3v) is 7.86. The van der Waals surface area contributed by atoms with Crippen molar-refractivity contribution in [3.8, 4) is 17.2 Å². The molecule has 0 radical (unpaired) electrons. The topological polar surface area (TPSA) is 86.3 Å². The van der Waals surface area contributed by atoms with Gasteiger partial charge in [-0.1, -0.05) is 12.1 Å². The van der Waals surface area contributed by atoms with Gasteiger partial charge in [0.1, 0.15) is 17.4 Å². The van der Waals surface area contributed by atoms with Gasteiger partial charge in [-0.25, -0.2) is 9.97 Å². The number of hydrogen-bond acceptors (Lipinski definition) is 6. The zero-order valence-electron chi connectivity index (χ0n) is 19.1. The Morgan fingerprint density at radius 3 is 2.68 bits per heavy atom. The fourth-order valence-corrected chi connectivity index (χ4v) is 5.55. The summed E-state index contributed by atoms with van der Waals surface area (Å²) in [5.41, 5.74) is 5.12. The lowest BCUT2D eigenvalue weighted by atomic mass is 9.98. The number of pyridine rings is 1. The minimum absolute atomic E-state index is 0.238. The maximum Gasteiger partial charge on any atom is 0.226 e. The number of rotatable bonds is 5. The minimum atomic E-state index is 0.238. The van der Waals surface area contributed by atoms with Gasteiger partial charge < -0.3 is 14.2 Å². The maximum atomic E-state index is 12.9. The molecule has 7 nitrogen and oxygen atoms in total. The second-order valence-electron chi connectivity index (χ2n) is 10.3.